The van der Waals surface area contributed by atoms with E-state index < -0.39 is 5.67 Å². The number of hydrogen-bond donors (Lipinski definition) is 1. The second kappa shape index (κ2) is 8.14. The van der Waals surface area contributed by atoms with Crippen LogP contribution in [0.15, 0.2) is 30.9 Å². The maximum atomic E-state index is 14.9. The van der Waals surface area contributed by atoms with E-state index in [4.69, 9.17) is 4.74 Å². The molecule has 1 atom stereocenters. The highest BCUT2D eigenvalue weighted by molar-refractivity contribution is 5.85. The fourth-order valence-electron chi connectivity index (χ4n) is 3.11. The number of aryl methyl sites for hydroxylation is 1. The van der Waals surface area contributed by atoms with Gasteiger partial charge in [-0.05, 0) is 32.4 Å². The summed E-state index contributed by atoms with van der Waals surface area (Å²) in [5, 5.41) is 7.36. The molecule has 1 aliphatic heterocycles. The predicted octanol–water partition coefficient (Wildman–Crippen LogP) is 2.80. The van der Waals surface area contributed by atoms with Crippen LogP contribution < -0.4 is 10.1 Å². The quantitative estimate of drug-likeness (QED) is 0.719. The molecular weight excluding hydrogens is 371 g/mol. The molecule has 0 aliphatic carbocycles. The van der Waals surface area contributed by atoms with Crippen LogP contribution in [-0.2, 0) is 6.54 Å². The molecule has 144 valence electrons. The minimum Gasteiger partial charge on any atom is -0.473 e. The fourth-order valence-corrected chi connectivity index (χ4v) is 3.11. The Bertz CT molecular complexity index is 912. The molecule has 3 aromatic heterocycles. The first kappa shape index (κ1) is 19.4. The molecule has 1 aliphatic rings. The third-order valence-corrected chi connectivity index (χ3v) is 4.57. The van der Waals surface area contributed by atoms with Gasteiger partial charge in [-0.1, -0.05) is 0 Å². The Balaban J connectivity index is 0.00000210. The summed E-state index contributed by atoms with van der Waals surface area (Å²) in [5.74, 6) is 0.303. The van der Waals surface area contributed by atoms with Crippen LogP contribution in [0.3, 0.4) is 0 Å². The van der Waals surface area contributed by atoms with Crippen LogP contribution in [0.5, 0.6) is 5.88 Å². The average Bonchev–Trinajstić information content (AvgIpc) is 3.16. The van der Waals surface area contributed by atoms with Gasteiger partial charge in [0.05, 0.1) is 17.4 Å². The molecule has 0 aromatic carbocycles. The number of halogens is 2. The van der Waals surface area contributed by atoms with Gasteiger partial charge in [-0.3, -0.25) is 9.67 Å². The molecule has 3 aromatic rings. The lowest BCUT2D eigenvalue weighted by molar-refractivity contribution is 0.0580. The molecule has 1 unspecified atom stereocenters. The number of hydrogen-bond acceptors (Lipinski definition) is 6. The van der Waals surface area contributed by atoms with E-state index in [0.717, 1.165) is 25.1 Å². The molecular formula is C18H22ClFN6O. The van der Waals surface area contributed by atoms with Crippen LogP contribution in [0.2, 0.25) is 0 Å². The van der Waals surface area contributed by atoms with Crippen molar-refractivity contribution in [2.24, 2.45) is 0 Å². The fraction of sp³-hybridized carbons (Fsp3) is 0.444. The van der Waals surface area contributed by atoms with Crippen LogP contribution in [0.1, 0.15) is 19.8 Å². The Labute approximate surface area is 162 Å². The SMILES string of the molecule is CCn1cc(-c2cc3nccnc3c(OCC3(F)CCCNC3)n2)cn1.Cl. The molecule has 0 saturated carbocycles. The summed E-state index contributed by atoms with van der Waals surface area (Å²) in [6, 6.07) is 1.85. The van der Waals surface area contributed by atoms with E-state index in [1.807, 2.05) is 23.9 Å². The molecule has 27 heavy (non-hydrogen) atoms. The van der Waals surface area contributed by atoms with E-state index in [9.17, 15) is 4.39 Å². The van der Waals surface area contributed by atoms with E-state index in [2.05, 4.69) is 25.4 Å². The Hall–Kier alpha value is -2.32. The zero-order chi connectivity index (χ0) is 18.0. The van der Waals surface area contributed by atoms with Crippen molar-refractivity contribution < 1.29 is 9.13 Å². The average molecular weight is 393 g/mol. The van der Waals surface area contributed by atoms with E-state index in [0.29, 0.717) is 35.6 Å². The number of fused-ring (bicyclic) bond motifs is 1. The molecule has 9 heteroatoms. The Morgan fingerprint density at radius 2 is 2.19 bits per heavy atom. The van der Waals surface area contributed by atoms with Gasteiger partial charge in [0.15, 0.2) is 11.2 Å². The summed E-state index contributed by atoms with van der Waals surface area (Å²) in [6.07, 6.45) is 8.14. The van der Waals surface area contributed by atoms with Gasteiger partial charge in [0.25, 0.3) is 0 Å². The molecule has 0 spiro atoms. The number of alkyl halides is 1. The van der Waals surface area contributed by atoms with Crippen molar-refractivity contribution in [2.45, 2.75) is 32.0 Å². The van der Waals surface area contributed by atoms with Gasteiger partial charge in [-0.15, -0.1) is 12.4 Å². The number of aromatic nitrogens is 5. The number of nitrogens with zero attached hydrogens (tertiary/aromatic N) is 5. The van der Waals surface area contributed by atoms with Crippen LogP contribution in [-0.4, -0.2) is 50.1 Å². The predicted molar refractivity (Wildman–Crippen MR) is 103 cm³/mol. The van der Waals surface area contributed by atoms with Gasteiger partial charge in [0.2, 0.25) is 5.88 Å². The summed E-state index contributed by atoms with van der Waals surface area (Å²) in [7, 11) is 0. The van der Waals surface area contributed by atoms with E-state index >= 15 is 0 Å². The Morgan fingerprint density at radius 1 is 1.33 bits per heavy atom. The molecule has 1 saturated heterocycles. The first-order chi connectivity index (χ1) is 12.7. The van der Waals surface area contributed by atoms with Crippen molar-refractivity contribution in [2.75, 3.05) is 19.7 Å². The minimum atomic E-state index is -1.39. The Morgan fingerprint density at radius 3 is 2.93 bits per heavy atom. The number of pyridine rings is 1. The monoisotopic (exact) mass is 392 g/mol. The number of ether oxygens (including phenoxy) is 1. The lowest BCUT2D eigenvalue weighted by atomic mass is 9.97. The normalized spacial score (nSPS) is 19.6. The minimum absolute atomic E-state index is 0. The van der Waals surface area contributed by atoms with Gasteiger partial charge >= 0.3 is 0 Å². The maximum absolute atomic E-state index is 14.9. The number of rotatable bonds is 5. The maximum Gasteiger partial charge on any atom is 0.242 e. The number of piperidine rings is 1. The highest BCUT2D eigenvalue weighted by atomic mass is 35.5. The summed E-state index contributed by atoms with van der Waals surface area (Å²) in [4.78, 5) is 13.2. The van der Waals surface area contributed by atoms with Crippen LogP contribution in [0.4, 0.5) is 4.39 Å². The van der Waals surface area contributed by atoms with E-state index in [1.54, 1.807) is 18.6 Å². The molecule has 0 bridgehead atoms. The van der Waals surface area contributed by atoms with Gasteiger partial charge in [-0.25, -0.2) is 14.4 Å². The summed E-state index contributed by atoms with van der Waals surface area (Å²) >= 11 is 0. The van der Waals surface area contributed by atoms with Crippen LogP contribution in [0.25, 0.3) is 22.3 Å². The smallest absolute Gasteiger partial charge is 0.242 e. The van der Waals surface area contributed by atoms with E-state index in [-0.39, 0.29) is 19.0 Å². The zero-order valence-corrected chi connectivity index (χ0v) is 15.9. The first-order valence-corrected chi connectivity index (χ1v) is 8.84. The van der Waals surface area contributed by atoms with Gasteiger partial charge < -0.3 is 10.1 Å². The molecule has 1 N–H and O–H groups in total. The third-order valence-electron chi connectivity index (χ3n) is 4.57. The van der Waals surface area contributed by atoms with E-state index in [1.165, 1.54) is 0 Å². The van der Waals surface area contributed by atoms with Gasteiger partial charge in [0, 0.05) is 37.2 Å². The second-order valence-electron chi connectivity index (χ2n) is 6.54. The van der Waals surface area contributed by atoms with Crippen molar-refractivity contribution in [1.82, 2.24) is 30.0 Å². The lowest BCUT2D eigenvalue weighted by Gasteiger charge is -2.29. The highest BCUT2D eigenvalue weighted by Gasteiger charge is 2.33. The topological polar surface area (TPSA) is 77.8 Å². The van der Waals surface area contributed by atoms with Crippen molar-refractivity contribution in [3.8, 4) is 17.1 Å². The first-order valence-electron chi connectivity index (χ1n) is 8.84. The summed E-state index contributed by atoms with van der Waals surface area (Å²) < 4.78 is 22.5. The molecule has 0 amide bonds. The van der Waals surface area contributed by atoms with Crippen LogP contribution >= 0.6 is 12.4 Å². The summed E-state index contributed by atoms with van der Waals surface area (Å²) in [6.45, 7) is 3.86. The largest absolute Gasteiger partial charge is 0.473 e. The van der Waals surface area contributed by atoms with Crippen LogP contribution in [0, 0.1) is 0 Å². The van der Waals surface area contributed by atoms with Gasteiger partial charge in [0.1, 0.15) is 6.61 Å². The molecule has 4 heterocycles. The van der Waals surface area contributed by atoms with Crippen molar-refractivity contribution in [3.63, 3.8) is 0 Å². The highest BCUT2D eigenvalue weighted by Crippen LogP contribution is 2.28. The lowest BCUT2D eigenvalue weighted by Crippen LogP contribution is -2.46. The molecule has 1 fully saturated rings. The number of nitrogens with one attached hydrogen (secondary N) is 1. The van der Waals surface area contributed by atoms with Gasteiger partial charge in [-0.2, -0.15) is 5.10 Å². The van der Waals surface area contributed by atoms with Crippen molar-refractivity contribution >= 4 is 23.4 Å². The zero-order valence-electron chi connectivity index (χ0n) is 15.1. The standard InChI is InChI=1S/C18H21FN6O.ClH/c1-2-25-10-13(9-23-25)14-8-15-16(22-7-6-21-15)17(24-14)26-12-18(19)4-3-5-20-11-18;/h6-10,20H,2-5,11-12H2,1H3;1H. The van der Waals surface area contributed by atoms with Crippen molar-refractivity contribution in [3.05, 3.63) is 30.9 Å². The van der Waals surface area contributed by atoms with Crippen molar-refractivity contribution in [1.29, 1.82) is 0 Å². The third kappa shape index (κ3) is 4.17. The Kier molecular flexibility index (Phi) is 5.86. The summed E-state index contributed by atoms with van der Waals surface area (Å²) in [5.41, 5.74) is 1.34. The molecule has 7 nitrogen and oxygen atoms in total. The molecule has 4 rings (SSSR count). The molecule has 0 radical (unpaired) electrons. The second-order valence-corrected chi connectivity index (χ2v) is 6.54.